The number of aromatic nitrogens is 1. The van der Waals surface area contributed by atoms with E-state index in [-0.39, 0.29) is 0 Å². The maximum Gasteiger partial charge on any atom is 0.0612 e. The minimum atomic E-state index is 0.759. The van der Waals surface area contributed by atoms with Gasteiger partial charge in [-0.2, -0.15) is 0 Å². The number of hydrogen-bond donors (Lipinski definition) is 2. The second-order valence-corrected chi connectivity index (χ2v) is 4.78. The molecule has 3 rings (SSSR count). The van der Waals surface area contributed by atoms with Crippen LogP contribution in [0.1, 0.15) is 5.69 Å². The van der Waals surface area contributed by atoms with Crippen molar-refractivity contribution in [1.82, 2.24) is 9.99 Å². The molecule has 1 aliphatic heterocycles. The quantitative estimate of drug-likeness (QED) is 0.804. The number of anilines is 2. The molecule has 1 aliphatic rings. The Labute approximate surface area is 112 Å². The van der Waals surface area contributed by atoms with Crippen molar-refractivity contribution in [2.45, 2.75) is 6.92 Å². The second-order valence-electron chi connectivity index (χ2n) is 4.78. The van der Waals surface area contributed by atoms with Gasteiger partial charge in [-0.05, 0) is 25.1 Å². The van der Waals surface area contributed by atoms with Gasteiger partial charge in [-0.3, -0.25) is 4.98 Å². The Hall–Kier alpha value is -1.85. The molecule has 2 aromatic rings. The zero-order chi connectivity index (χ0) is 13.2. The maximum absolute atomic E-state index is 6.01. The van der Waals surface area contributed by atoms with E-state index in [2.05, 4.69) is 21.5 Å². The predicted molar refractivity (Wildman–Crippen MR) is 76.9 cm³/mol. The van der Waals surface area contributed by atoms with Gasteiger partial charge in [-0.1, -0.05) is 0 Å². The average molecular weight is 258 g/mol. The zero-order valence-corrected chi connectivity index (χ0v) is 11.0. The number of aryl methyl sites for hydroxylation is 1. The fourth-order valence-electron chi connectivity index (χ4n) is 2.31. The molecule has 0 amide bonds. The summed E-state index contributed by atoms with van der Waals surface area (Å²) in [7, 11) is 0. The highest BCUT2D eigenvalue weighted by molar-refractivity contribution is 6.00. The van der Waals surface area contributed by atoms with Crippen molar-refractivity contribution >= 4 is 22.1 Å². The summed E-state index contributed by atoms with van der Waals surface area (Å²) in [5.74, 6) is 0. The third-order valence-electron chi connectivity index (χ3n) is 3.36. The molecule has 2 heterocycles. The van der Waals surface area contributed by atoms with E-state index in [0.717, 1.165) is 54.1 Å². The largest absolute Gasteiger partial charge is 0.398 e. The number of nitrogens with zero attached hydrogens (tertiary/aromatic N) is 2. The minimum Gasteiger partial charge on any atom is -0.398 e. The zero-order valence-electron chi connectivity index (χ0n) is 11.0. The van der Waals surface area contributed by atoms with E-state index in [4.69, 9.17) is 10.5 Å². The molecular weight excluding hydrogens is 240 g/mol. The number of benzene rings is 1. The molecule has 0 saturated carbocycles. The van der Waals surface area contributed by atoms with Crippen LogP contribution in [0, 0.1) is 6.92 Å². The Balaban J connectivity index is 1.98. The summed E-state index contributed by atoms with van der Waals surface area (Å²) in [6.45, 7) is 5.29. The fourth-order valence-corrected chi connectivity index (χ4v) is 2.31. The first-order valence-corrected chi connectivity index (χ1v) is 6.48. The van der Waals surface area contributed by atoms with Gasteiger partial charge in [0.2, 0.25) is 0 Å². The lowest BCUT2D eigenvalue weighted by molar-refractivity contribution is 0.0497. The van der Waals surface area contributed by atoms with Gasteiger partial charge >= 0.3 is 0 Å². The highest BCUT2D eigenvalue weighted by Gasteiger charge is 2.12. The summed E-state index contributed by atoms with van der Waals surface area (Å²) in [5, 5.41) is 4.27. The Morgan fingerprint density at radius 3 is 2.84 bits per heavy atom. The lowest BCUT2D eigenvalue weighted by atomic mass is 10.1. The molecule has 1 fully saturated rings. The highest BCUT2D eigenvalue weighted by Crippen LogP contribution is 2.28. The van der Waals surface area contributed by atoms with Crippen molar-refractivity contribution in [3.63, 3.8) is 0 Å². The van der Waals surface area contributed by atoms with E-state index in [1.54, 1.807) is 0 Å². The van der Waals surface area contributed by atoms with Crippen LogP contribution in [0.3, 0.4) is 0 Å². The monoisotopic (exact) mass is 258 g/mol. The molecule has 0 unspecified atom stereocenters. The molecule has 0 atom stereocenters. The second kappa shape index (κ2) is 5.03. The molecule has 5 heteroatoms. The van der Waals surface area contributed by atoms with E-state index in [9.17, 15) is 0 Å². The Bertz CT molecular complexity index is 593. The first-order chi connectivity index (χ1) is 9.24. The fraction of sp³-hybridized carbons (Fsp3) is 0.357. The van der Waals surface area contributed by atoms with Crippen LogP contribution in [0.2, 0.25) is 0 Å². The number of hydrogen-bond acceptors (Lipinski definition) is 5. The topological polar surface area (TPSA) is 63.4 Å². The van der Waals surface area contributed by atoms with Crippen molar-refractivity contribution in [1.29, 1.82) is 0 Å². The number of rotatable bonds is 2. The third kappa shape index (κ3) is 2.47. The molecule has 3 N–H and O–H groups in total. The van der Waals surface area contributed by atoms with Gasteiger partial charge in [0.25, 0.3) is 0 Å². The number of hydrazine groups is 1. The van der Waals surface area contributed by atoms with Crippen LogP contribution < -0.4 is 11.2 Å². The molecule has 1 saturated heterocycles. The van der Waals surface area contributed by atoms with Crippen LogP contribution >= 0.6 is 0 Å². The first kappa shape index (κ1) is 12.2. The first-order valence-electron chi connectivity index (χ1n) is 6.48. The van der Waals surface area contributed by atoms with Gasteiger partial charge < -0.3 is 15.9 Å². The number of nitrogens with two attached hydrogens (primary N) is 1. The van der Waals surface area contributed by atoms with Crippen LogP contribution in [0.5, 0.6) is 0 Å². The molecule has 5 nitrogen and oxygen atoms in total. The summed E-state index contributed by atoms with van der Waals surface area (Å²) >= 11 is 0. The Kier molecular flexibility index (Phi) is 3.23. The lowest BCUT2D eigenvalue weighted by Gasteiger charge is -2.28. The Morgan fingerprint density at radius 1 is 1.26 bits per heavy atom. The van der Waals surface area contributed by atoms with E-state index >= 15 is 0 Å². The van der Waals surface area contributed by atoms with Gasteiger partial charge in [0.1, 0.15) is 0 Å². The van der Waals surface area contributed by atoms with Crippen molar-refractivity contribution in [3.05, 3.63) is 30.1 Å². The smallest absolute Gasteiger partial charge is 0.0612 e. The maximum atomic E-state index is 6.01. The molecule has 0 bridgehead atoms. The van der Waals surface area contributed by atoms with Crippen molar-refractivity contribution in [2.24, 2.45) is 0 Å². The van der Waals surface area contributed by atoms with Gasteiger partial charge in [0.15, 0.2) is 0 Å². The van der Waals surface area contributed by atoms with Crippen LogP contribution in [0.4, 0.5) is 11.4 Å². The van der Waals surface area contributed by atoms with Crippen molar-refractivity contribution < 1.29 is 4.74 Å². The molecule has 100 valence electrons. The van der Waals surface area contributed by atoms with E-state index in [0.29, 0.717) is 0 Å². The van der Waals surface area contributed by atoms with Crippen LogP contribution in [0.15, 0.2) is 24.4 Å². The third-order valence-corrected chi connectivity index (χ3v) is 3.36. The number of nitrogens with one attached hydrogen (secondary N) is 1. The number of nitrogen functional groups attached to an aromatic ring is 1. The van der Waals surface area contributed by atoms with Crippen LogP contribution in [-0.4, -0.2) is 36.3 Å². The summed E-state index contributed by atoms with van der Waals surface area (Å²) in [6.07, 6.45) is 1.84. The van der Waals surface area contributed by atoms with Crippen molar-refractivity contribution in [2.75, 3.05) is 37.5 Å². The van der Waals surface area contributed by atoms with Crippen LogP contribution in [0.25, 0.3) is 10.8 Å². The van der Waals surface area contributed by atoms with Gasteiger partial charge in [-0.15, -0.1) is 0 Å². The summed E-state index contributed by atoms with van der Waals surface area (Å²) < 4.78 is 5.35. The predicted octanol–water partition coefficient (Wildman–Crippen LogP) is 1.78. The number of pyridine rings is 1. The summed E-state index contributed by atoms with van der Waals surface area (Å²) in [4.78, 5) is 4.31. The molecule has 0 radical (unpaired) electrons. The van der Waals surface area contributed by atoms with Crippen LogP contribution in [-0.2, 0) is 4.74 Å². The highest BCUT2D eigenvalue weighted by atomic mass is 16.5. The molecular formula is C14H18N4O. The standard InChI is InChI=1S/C14H18N4O/c1-10-8-11-12(9-16-10)13(15)2-3-14(11)17-18-4-6-19-7-5-18/h2-3,8-9,17H,4-7,15H2,1H3. The Morgan fingerprint density at radius 2 is 2.05 bits per heavy atom. The van der Waals surface area contributed by atoms with Gasteiger partial charge in [-0.25, -0.2) is 5.01 Å². The normalized spacial score (nSPS) is 16.7. The van der Waals surface area contributed by atoms with Crippen molar-refractivity contribution in [3.8, 4) is 0 Å². The lowest BCUT2D eigenvalue weighted by Crippen LogP contribution is -2.40. The van der Waals surface area contributed by atoms with E-state index in [1.807, 2.05) is 25.3 Å². The summed E-state index contributed by atoms with van der Waals surface area (Å²) in [5.41, 5.74) is 12.3. The average Bonchev–Trinajstić information content (AvgIpc) is 2.43. The molecule has 0 aliphatic carbocycles. The number of fused-ring (bicyclic) bond motifs is 1. The summed E-state index contributed by atoms with van der Waals surface area (Å²) in [6, 6.07) is 6.00. The van der Waals surface area contributed by atoms with E-state index in [1.165, 1.54) is 0 Å². The molecule has 1 aromatic carbocycles. The minimum absolute atomic E-state index is 0.759. The molecule has 19 heavy (non-hydrogen) atoms. The number of morpholine rings is 1. The molecule has 1 aromatic heterocycles. The SMILES string of the molecule is Cc1cc2c(NN3CCOCC3)ccc(N)c2cn1. The van der Waals surface area contributed by atoms with Gasteiger partial charge in [0, 0.05) is 41.4 Å². The van der Waals surface area contributed by atoms with Gasteiger partial charge in [0.05, 0.1) is 18.9 Å². The molecule has 0 spiro atoms. The number of ether oxygens (including phenoxy) is 1. The van der Waals surface area contributed by atoms with E-state index < -0.39 is 0 Å².